The van der Waals surface area contributed by atoms with Gasteiger partial charge >= 0.3 is 6.18 Å². The molecule has 0 aromatic heterocycles. The molecular weight excluding hydrogens is 492 g/mol. The molecule has 12 heteroatoms. The maximum atomic E-state index is 14.5. The molecule has 1 fully saturated rings. The Labute approximate surface area is 200 Å². The molecule has 1 amide bonds. The lowest BCUT2D eigenvalue weighted by molar-refractivity contribution is -0.139. The van der Waals surface area contributed by atoms with E-state index in [0.717, 1.165) is 18.4 Å². The molecule has 1 saturated heterocycles. The first kappa shape index (κ1) is 26.5. The Balaban J connectivity index is 1.77. The summed E-state index contributed by atoms with van der Waals surface area (Å²) in [5, 5.41) is 0. The normalized spacial score (nSPS) is 14.7. The van der Waals surface area contributed by atoms with Gasteiger partial charge in [0.25, 0.3) is 5.91 Å². The van der Waals surface area contributed by atoms with Crippen molar-refractivity contribution < 1.29 is 40.3 Å². The highest BCUT2D eigenvalue weighted by Gasteiger charge is 2.29. The van der Waals surface area contributed by atoms with Crippen molar-refractivity contribution in [2.75, 3.05) is 43.9 Å². The van der Waals surface area contributed by atoms with Gasteiger partial charge in [0.1, 0.15) is 11.6 Å². The summed E-state index contributed by atoms with van der Waals surface area (Å²) in [5.41, 5.74) is 0.349. The Hall–Kier alpha value is -3.15. The number of rotatable bonds is 7. The second kappa shape index (κ2) is 10.2. The number of alkyl halides is 3. The van der Waals surface area contributed by atoms with Crippen LogP contribution in [-0.4, -0.2) is 70.2 Å². The summed E-state index contributed by atoms with van der Waals surface area (Å²) in [6.07, 6.45) is -4.74. The second-order valence-electron chi connectivity index (χ2n) is 8.15. The van der Waals surface area contributed by atoms with Gasteiger partial charge < -0.3 is 14.5 Å². The lowest BCUT2D eigenvalue weighted by Gasteiger charge is -2.36. The summed E-state index contributed by atoms with van der Waals surface area (Å²) < 4.78 is 81.1. The highest BCUT2D eigenvalue weighted by Crippen LogP contribution is 2.28. The van der Waals surface area contributed by atoms with Gasteiger partial charge in [-0.1, -0.05) is 0 Å². The van der Waals surface area contributed by atoms with Crippen LogP contribution in [0.15, 0.2) is 41.3 Å². The number of amides is 1. The maximum absolute atomic E-state index is 14.5. The smallest absolute Gasteiger partial charge is 0.392 e. The van der Waals surface area contributed by atoms with Crippen molar-refractivity contribution in [1.29, 1.82) is 0 Å². The van der Waals surface area contributed by atoms with E-state index < -0.39 is 40.8 Å². The van der Waals surface area contributed by atoms with Gasteiger partial charge in [0.05, 0.1) is 29.2 Å². The van der Waals surface area contributed by atoms with Crippen LogP contribution in [0.3, 0.4) is 0 Å². The van der Waals surface area contributed by atoms with Crippen LogP contribution in [0.1, 0.15) is 34.1 Å². The van der Waals surface area contributed by atoms with Crippen LogP contribution >= 0.6 is 0 Å². The summed E-state index contributed by atoms with van der Waals surface area (Å²) in [6.45, 7) is 1.40. The molecule has 0 N–H and O–H groups in total. The van der Waals surface area contributed by atoms with Crippen molar-refractivity contribution >= 4 is 27.2 Å². The average molecular weight is 517 g/mol. The summed E-state index contributed by atoms with van der Waals surface area (Å²) >= 11 is 0. The Morgan fingerprint density at radius 3 is 2.23 bits per heavy atom. The van der Waals surface area contributed by atoms with Gasteiger partial charge in [0.15, 0.2) is 15.6 Å². The minimum Gasteiger partial charge on any atom is -0.492 e. The Morgan fingerprint density at radius 2 is 1.69 bits per heavy atom. The number of Topliss-reactive ketones (excluding diaryl/α,β-unsaturated/α-hetero) is 1. The molecule has 2 aromatic carbocycles. The van der Waals surface area contributed by atoms with Crippen molar-refractivity contribution in [3.8, 4) is 5.75 Å². The number of halogens is 4. The van der Waals surface area contributed by atoms with E-state index in [-0.39, 0.29) is 59.4 Å². The van der Waals surface area contributed by atoms with Crippen LogP contribution < -0.4 is 9.64 Å². The van der Waals surface area contributed by atoms with Crippen molar-refractivity contribution in [3.63, 3.8) is 0 Å². The van der Waals surface area contributed by atoms with E-state index in [4.69, 9.17) is 4.74 Å². The van der Waals surface area contributed by atoms with Crippen molar-refractivity contribution in [2.24, 2.45) is 0 Å². The van der Waals surface area contributed by atoms with Gasteiger partial charge in [-0.15, -0.1) is 0 Å². The molecule has 1 aliphatic rings. The molecule has 0 radical (unpaired) electrons. The number of anilines is 1. The van der Waals surface area contributed by atoms with Gasteiger partial charge in [-0.25, -0.2) is 12.8 Å². The van der Waals surface area contributed by atoms with E-state index in [1.165, 1.54) is 36.1 Å². The van der Waals surface area contributed by atoms with E-state index in [9.17, 15) is 35.6 Å². The number of hydrogen-bond acceptors (Lipinski definition) is 6. The number of sulfone groups is 1. The third-order valence-electron chi connectivity index (χ3n) is 5.51. The highest BCUT2D eigenvalue weighted by molar-refractivity contribution is 7.90. The molecule has 0 aliphatic carbocycles. The fourth-order valence-corrected chi connectivity index (χ4v) is 4.26. The number of ketones is 1. The topological polar surface area (TPSA) is 84.0 Å². The fraction of sp³-hybridized carbons (Fsp3) is 0.391. The lowest BCUT2D eigenvalue weighted by Crippen LogP contribution is -2.49. The predicted octanol–water partition coefficient (Wildman–Crippen LogP) is 3.73. The largest absolute Gasteiger partial charge is 0.492 e. The lowest BCUT2D eigenvalue weighted by atomic mass is 10.1. The summed E-state index contributed by atoms with van der Waals surface area (Å²) in [4.78, 5) is 27.6. The number of ether oxygens (including phenoxy) is 1. The SMILES string of the molecule is CC(=O)c1ccc(N2CCN(C(=O)c3cc(S(C)(=O)=O)ccc3OCCC(F)(F)F)CC2)c(F)c1. The van der Waals surface area contributed by atoms with E-state index in [0.29, 0.717) is 0 Å². The van der Waals surface area contributed by atoms with Crippen LogP contribution in [0.5, 0.6) is 5.75 Å². The van der Waals surface area contributed by atoms with Gasteiger partial charge in [-0.2, -0.15) is 13.2 Å². The second-order valence-corrected chi connectivity index (χ2v) is 10.2. The standard InChI is InChI=1S/C23H24F4N2O5S/c1-15(30)16-3-5-20(19(24)13-16)28-8-10-29(11-9-28)22(31)18-14-17(35(2,32)33)4-6-21(18)34-12-7-23(25,26)27/h3-6,13-14H,7-12H2,1-2H3. The first-order valence-electron chi connectivity index (χ1n) is 10.6. The van der Waals surface area contributed by atoms with E-state index >= 15 is 0 Å². The predicted molar refractivity (Wildman–Crippen MR) is 120 cm³/mol. The molecule has 190 valence electrons. The summed E-state index contributed by atoms with van der Waals surface area (Å²) in [6, 6.07) is 7.58. The molecule has 1 aliphatic heterocycles. The average Bonchev–Trinajstić information content (AvgIpc) is 2.77. The molecular formula is C23H24F4N2O5S. The van der Waals surface area contributed by atoms with Crippen LogP contribution in [0.4, 0.5) is 23.2 Å². The maximum Gasteiger partial charge on any atom is 0.392 e. The first-order valence-corrected chi connectivity index (χ1v) is 12.5. The van der Waals surface area contributed by atoms with E-state index in [2.05, 4.69) is 0 Å². The highest BCUT2D eigenvalue weighted by atomic mass is 32.2. The molecule has 0 unspecified atom stereocenters. The van der Waals surface area contributed by atoms with E-state index in [1.54, 1.807) is 4.90 Å². The molecule has 1 heterocycles. The van der Waals surface area contributed by atoms with Crippen LogP contribution in [0.2, 0.25) is 0 Å². The first-order chi connectivity index (χ1) is 16.3. The third-order valence-corrected chi connectivity index (χ3v) is 6.62. The van der Waals surface area contributed by atoms with Gasteiger partial charge in [-0.05, 0) is 43.3 Å². The van der Waals surface area contributed by atoms with Crippen LogP contribution in [0.25, 0.3) is 0 Å². The zero-order valence-electron chi connectivity index (χ0n) is 19.1. The number of piperazine rings is 1. The Kier molecular flexibility index (Phi) is 7.73. The number of carbonyl (C=O) groups is 2. The van der Waals surface area contributed by atoms with Crippen molar-refractivity contribution in [2.45, 2.75) is 24.4 Å². The minimum atomic E-state index is -4.45. The number of benzene rings is 2. The zero-order valence-corrected chi connectivity index (χ0v) is 19.9. The summed E-state index contributed by atoms with van der Waals surface area (Å²) in [5.74, 6) is -1.60. The fourth-order valence-electron chi connectivity index (χ4n) is 3.61. The van der Waals surface area contributed by atoms with Crippen molar-refractivity contribution in [1.82, 2.24) is 4.90 Å². The Bertz CT molecular complexity index is 1220. The van der Waals surface area contributed by atoms with Crippen LogP contribution in [0, 0.1) is 5.82 Å². The van der Waals surface area contributed by atoms with Crippen LogP contribution in [-0.2, 0) is 9.84 Å². The van der Waals surface area contributed by atoms with Gasteiger partial charge in [0.2, 0.25) is 0 Å². The summed E-state index contributed by atoms with van der Waals surface area (Å²) in [7, 11) is -3.69. The molecule has 3 rings (SSSR count). The zero-order chi connectivity index (χ0) is 26.0. The molecule has 0 spiro atoms. The number of hydrogen-bond donors (Lipinski definition) is 0. The molecule has 2 aromatic rings. The van der Waals surface area contributed by atoms with E-state index in [1.807, 2.05) is 0 Å². The molecule has 35 heavy (non-hydrogen) atoms. The quantitative estimate of drug-likeness (QED) is 0.412. The van der Waals surface area contributed by atoms with Gasteiger partial charge in [-0.3, -0.25) is 9.59 Å². The molecule has 0 saturated carbocycles. The minimum absolute atomic E-state index is 0.151. The monoisotopic (exact) mass is 516 g/mol. The number of carbonyl (C=O) groups excluding carboxylic acids is 2. The van der Waals surface area contributed by atoms with Crippen molar-refractivity contribution in [3.05, 3.63) is 53.3 Å². The Morgan fingerprint density at radius 1 is 1.03 bits per heavy atom. The van der Waals surface area contributed by atoms with Gasteiger partial charge in [0, 0.05) is 38.0 Å². The number of nitrogens with zero attached hydrogens (tertiary/aromatic N) is 2. The molecule has 0 bridgehead atoms. The third kappa shape index (κ3) is 6.71. The molecule has 0 atom stereocenters. The molecule has 7 nitrogen and oxygen atoms in total.